The van der Waals surface area contributed by atoms with Crippen LogP contribution in [0.5, 0.6) is 0 Å². The van der Waals surface area contributed by atoms with Crippen molar-refractivity contribution in [2.75, 3.05) is 25.1 Å². The molecule has 208 valence electrons. The summed E-state index contributed by atoms with van der Waals surface area (Å²) in [7, 11) is 2.92. The van der Waals surface area contributed by atoms with Gasteiger partial charge in [0.1, 0.15) is 6.54 Å². The largest absolute Gasteiger partial charge is 0.468 e. The Labute approximate surface area is 229 Å². The Balaban J connectivity index is 1.74. The lowest BCUT2D eigenvalue weighted by Crippen LogP contribution is -2.44. The Morgan fingerprint density at radius 2 is 1.95 bits per heavy atom. The molecule has 0 amide bonds. The molecule has 0 spiro atoms. The van der Waals surface area contributed by atoms with E-state index in [0.717, 1.165) is 28.3 Å². The third kappa shape index (κ3) is 4.80. The fourth-order valence-corrected chi connectivity index (χ4v) is 5.21. The van der Waals surface area contributed by atoms with Gasteiger partial charge in [0.05, 0.1) is 25.7 Å². The van der Waals surface area contributed by atoms with Crippen LogP contribution in [0.1, 0.15) is 25.3 Å². The molecule has 2 N–H and O–H groups in total. The zero-order valence-electron chi connectivity index (χ0n) is 22.7. The van der Waals surface area contributed by atoms with Crippen LogP contribution < -0.4 is 27.4 Å². The predicted molar refractivity (Wildman–Crippen MR) is 151 cm³/mol. The fourth-order valence-electron chi connectivity index (χ4n) is 5.21. The summed E-state index contributed by atoms with van der Waals surface area (Å²) in [4.78, 5) is 58.8. The van der Waals surface area contributed by atoms with Gasteiger partial charge in [-0.1, -0.05) is 12.0 Å². The Morgan fingerprint density at radius 1 is 1.15 bits per heavy atom. The minimum atomic E-state index is -0.684. The van der Waals surface area contributed by atoms with Gasteiger partial charge in [-0.25, -0.2) is 4.79 Å². The zero-order valence-corrected chi connectivity index (χ0v) is 22.7. The van der Waals surface area contributed by atoms with Gasteiger partial charge in [0, 0.05) is 32.2 Å². The number of rotatable bonds is 6. The second-order valence-corrected chi connectivity index (χ2v) is 9.91. The molecule has 1 aromatic carbocycles. The molecule has 0 radical (unpaired) electrons. The average Bonchev–Trinajstić information content (AvgIpc) is 3.33. The van der Waals surface area contributed by atoms with Crippen LogP contribution in [-0.2, 0) is 36.2 Å². The van der Waals surface area contributed by atoms with Gasteiger partial charge in [-0.15, -0.1) is 5.92 Å². The van der Waals surface area contributed by atoms with Crippen LogP contribution in [-0.4, -0.2) is 55.5 Å². The summed E-state index contributed by atoms with van der Waals surface area (Å²) in [6, 6.07) is 8.49. The number of carbonyl (C=O) groups is 1. The second kappa shape index (κ2) is 10.9. The topological polar surface area (TPSA) is 139 Å². The number of pyridine rings is 1. The van der Waals surface area contributed by atoms with Crippen LogP contribution in [0.2, 0.25) is 0 Å². The van der Waals surface area contributed by atoms with E-state index < -0.39 is 23.8 Å². The molecule has 5 rings (SSSR count). The third-order valence-corrected chi connectivity index (χ3v) is 7.29. The van der Waals surface area contributed by atoms with E-state index in [-0.39, 0.29) is 35.9 Å². The van der Waals surface area contributed by atoms with Crippen molar-refractivity contribution in [2.24, 2.45) is 12.8 Å². The van der Waals surface area contributed by atoms with Gasteiger partial charge in [-0.3, -0.25) is 28.1 Å². The lowest BCUT2D eigenvalue weighted by molar-refractivity contribution is -0.141. The maximum absolute atomic E-state index is 14.0. The number of aryl methyl sites for hydroxylation is 1. The number of hydrogen-bond donors (Lipinski definition) is 1. The molecule has 40 heavy (non-hydrogen) atoms. The van der Waals surface area contributed by atoms with E-state index >= 15 is 0 Å². The van der Waals surface area contributed by atoms with E-state index in [1.807, 2.05) is 11.0 Å². The van der Waals surface area contributed by atoms with Crippen molar-refractivity contribution < 1.29 is 9.53 Å². The molecular formula is C28H31N7O5. The van der Waals surface area contributed by atoms with Gasteiger partial charge in [0.2, 0.25) is 5.95 Å². The highest BCUT2D eigenvalue weighted by Crippen LogP contribution is 2.23. The quantitative estimate of drug-likeness (QED) is 0.271. The molecule has 0 bridgehead atoms. The normalized spacial score (nSPS) is 15.3. The molecule has 1 saturated heterocycles. The van der Waals surface area contributed by atoms with Crippen LogP contribution in [0.25, 0.3) is 22.1 Å². The summed E-state index contributed by atoms with van der Waals surface area (Å²) in [6.07, 6.45) is 1.74. The predicted octanol–water partition coefficient (Wildman–Crippen LogP) is 0.384. The van der Waals surface area contributed by atoms with E-state index in [9.17, 15) is 19.2 Å². The van der Waals surface area contributed by atoms with Crippen molar-refractivity contribution in [3.8, 4) is 11.8 Å². The summed E-state index contributed by atoms with van der Waals surface area (Å²) in [5.41, 5.74) is 6.54. The summed E-state index contributed by atoms with van der Waals surface area (Å²) >= 11 is 0. The zero-order chi connectivity index (χ0) is 28.6. The van der Waals surface area contributed by atoms with Crippen LogP contribution in [0.15, 0.2) is 44.7 Å². The number of methoxy groups -OCH3 is 1. The first-order chi connectivity index (χ1) is 19.2. The van der Waals surface area contributed by atoms with Crippen molar-refractivity contribution in [1.82, 2.24) is 23.3 Å². The van der Waals surface area contributed by atoms with Gasteiger partial charge in [-0.05, 0) is 48.9 Å². The molecule has 3 aromatic heterocycles. The highest BCUT2D eigenvalue weighted by molar-refractivity contribution is 5.80. The third-order valence-electron chi connectivity index (χ3n) is 7.29. The smallest absolute Gasteiger partial charge is 0.333 e. The monoisotopic (exact) mass is 545 g/mol. The molecule has 1 unspecified atom stereocenters. The van der Waals surface area contributed by atoms with E-state index in [1.165, 1.54) is 22.3 Å². The number of aromatic nitrogens is 5. The highest BCUT2D eigenvalue weighted by Gasteiger charge is 2.27. The molecule has 12 nitrogen and oxygen atoms in total. The van der Waals surface area contributed by atoms with Crippen LogP contribution >= 0.6 is 0 Å². The van der Waals surface area contributed by atoms with Gasteiger partial charge in [-0.2, -0.15) is 4.98 Å². The van der Waals surface area contributed by atoms with E-state index in [4.69, 9.17) is 15.5 Å². The van der Waals surface area contributed by atoms with E-state index in [2.05, 4.69) is 11.8 Å². The van der Waals surface area contributed by atoms with Crippen molar-refractivity contribution in [1.29, 1.82) is 0 Å². The van der Waals surface area contributed by atoms with Crippen LogP contribution in [0.3, 0.4) is 0 Å². The maximum atomic E-state index is 14.0. The summed E-state index contributed by atoms with van der Waals surface area (Å²) < 4.78 is 10.4. The van der Waals surface area contributed by atoms with Gasteiger partial charge < -0.3 is 19.9 Å². The molecule has 4 heterocycles. The van der Waals surface area contributed by atoms with Gasteiger partial charge in [0.25, 0.3) is 11.1 Å². The lowest BCUT2D eigenvalue weighted by atomic mass is 10.1. The maximum Gasteiger partial charge on any atom is 0.333 e. The molecule has 1 aliphatic rings. The second-order valence-electron chi connectivity index (χ2n) is 9.91. The number of nitrogens with zero attached hydrogens (tertiary/aromatic N) is 6. The number of nitrogens with two attached hydrogens (primary N) is 1. The fraction of sp³-hybridized carbons (Fsp3) is 0.393. The molecule has 4 aromatic rings. The number of piperidine rings is 1. The number of benzene rings is 1. The number of carbonyl (C=O) groups excluding carboxylic acids is 1. The van der Waals surface area contributed by atoms with Gasteiger partial charge >= 0.3 is 11.7 Å². The molecule has 12 heteroatoms. The highest BCUT2D eigenvalue weighted by atomic mass is 16.5. The molecule has 0 saturated carbocycles. The van der Waals surface area contributed by atoms with E-state index in [0.29, 0.717) is 24.6 Å². The number of ether oxygens (including phenoxy) is 1. The molecular weight excluding hydrogens is 514 g/mol. The lowest BCUT2D eigenvalue weighted by Gasteiger charge is -2.31. The number of hydrogen-bond acceptors (Lipinski definition) is 8. The average molecular weight is 546 g/mol. The number of imidazole rings is 1. The van der Waals surface area contributed by atoms with Crippen molar-refractivity contribution >= 4 is 34.0 Å². The minimum absolute atomic E-state index is 0.0535. The Kier molecular flexibility index (Phi) is 7.32. The Bertz CT molecular complexity index is 1870. The van der Waals surface area contributed by atoms with Crippen LogP contribution in [0, 0.1) is 11.8 Å². The van der Waals surface area contributed by atoms with Gasteiger partial charge in [0.15, 0.2) is 11.2 Å². The molecule has 0 aliphatic carbocycles. The van der Waals surface area contributed by atoms with E-state index in [1.54, 1.807) is 36.7 Å². The molecule has 1 fully saturated rings. The SMILES string of the molecule is CC#CCn1c(N2CCCC(N)C2)nc2c1c(=O)n(Cc1ccc3c(ccc(=O)n3C)c1)c(=O)n2CC(=O)OC. The van der Waals surface area contributed by atoms with Crippen molar-refractivity contribution in [2.45, 2.75) is 45.4 Å². The summed E-state index contributed by atoms with van der Waals surface area (Å²) in [5.74, 6) is 5.70. The standard InChI is InChI=1S/C28H31N7O5/c1-4-5-13-33-24-25(30-27(33)32-12-6-7-20(29)16-32)34(17-23(37)40-3)28(39)35(26(24)38)15-18-8-10-21-19(14-18)9-11-22(36)31(21)2/h8-11,14,20H,6-7,12-13,15-17,29H2,1-3H3. The van der Waals surface area contributed by atoms with Crippen LogP contribution in [0.4, 0.5) is 5.95 Å². The van der Waals surface area contributed by atoms with Crippen molar-refractivity contribution in [3.05, 3.63) is 67.1 Å². The minimum Gasteiger partial charge on any atom is -0.468 e. The number of anilines is 1. The Hall–Kier alpha value is -4.63. The Morgan fingerprint density at radius 3 is 2.67 bits per heavy atom. The first kappa shape index (κ1) is 27.0. The molecule has 1 aliphatic heterocycles. The first-order valence-electron chi connectivity index (χ1n) is 13.0. The summed E-state index contributed by atoms with van der Waals surface area (Å²) in [6.45, 7) is 2.63. The number of esters is 1. The number of fused-ring (bicyclic) bond motifs is 2. The van der Waals surface area contributed by atoms with Crippen molar-refractivity contribution in [3.63, 3.8) is 0 Å². The first-order valence-corrected chi connectivity index (χ1v) is 13.0. The summed E-state index contributed by atoms with van der Waals surface area (Å²) in [5, 5.41) is 0.788. The molecule has 1 atom stereocenters.